The third-order valence-electron chi connectivity index (χ3n) is 5.33. The van der Waals surface area contributed by atoms with Crippen LogP contribution in [0.15, 0.2) is 23.2 Å². The molecule has 0 spiro atoms. The van der Waals surface area contributed by atoms with Crippen LogP contribution >= 0.6 is 0 Å². The Kier molecular flexibility index (Phi) is 10.9. The predicted octanol–water partition coefficient (Wildman–Crippen LogP) is 2.04. The normalized spacial score (nSPS) is 17.3. The summed E-state index contributed by atoms with van der Waals surface area (Å²) >= 11 is 0. The highest BCUT2D eigenvalue weighted by atomic mass is 16.5. The number of aliphatic imine (C=N–C) groups is 1. The summed E-state index contributed by atoms with van der Waals surface area (Å²) in [6, 6.07) is 5.80. The summed E-state index contributed by atoms with van der Waals surface area (Å²) in [5.74, 6) is 2.61. The lowest BCUT2D eigenvalue weighted by atomic mass is 10.0. The molecule has 8 nitrogen and oxygen atoms in total. The first-order valence-electron chi connectivity index (χ1n) is 11.2. The van der Waals surface area contributed by atoms with Crippen molar-refractivity contribution in [1.29, 1.82) is 0 Å². The molecule has 1 saturated heterocycles. The molecule has 2 atom stereocenters. The second-order valence-electron chi connectivity index (χ2n) is 8.19. The van der Waals surface area contributed by atoms with Crippen LogP contribution in [0, 0.1) is 5.92 Å². The van der Waals surface area contributed by atoms with Crippen LogP contribution in [0.3, 0.4) is 0 Å². The summed E-state index contributed by atoms with van der Waals surface area (Å²) in [6.45, 7) is 11.8. The zero-order valence-corrected chi connectivity index (χ0v) is 19.7. The molecule has 2 unspecified atom stereocenters. The third-order valence-corrected chi connectivity index (χ3v) is 5.33. The second-order valence-corrected chi connectivity index (χ2v) is 8.19. The number of hydrogen-bond acceptors (Lipinski definition) is 6. The lowest BCUT2D eigenvalue weighted by Crippen LogP contribution is -2.46. The van der Waals surface area contributed by atoms with Gasteiger partial charge in [0.25, 0.3) is 0 Å². The van der Waals surface area contributed by atoms with Gasteiger partial charge in [0.05, 0.1) is 40.1 Å². The highest BCUT2D eigenvalue weighted by Gasteiger charge is 2.22. The third kappa shape index (κ3) is 8.55. The summed E-state index contributed by atoms with van der Waals surface area (Å²) in [4.78, 5) is 7.31. The van der Waals surface area contributed by atoms with Crippen LogP contribution in [0.4, 0.5) is 0 Å². The number of ether oxygens (including phenoxy) is 3. The van der Waals surface area contributed by atoms with Crippen molar-refractivity contribution in [1.82, 2.24) is 15.5 Å². The molecule has 1 aromatic rings. The zero-order valence-electron chi connectivity index (χ0n) is 19.7. The summed E-state index contributed by atoms with van der Waals surface area (Å²) in [5, 5.41) is 17.3. The molecule has 1 aromatic carbocycles. The number of aliphatic hydroxyl groups excluding tert-OH is 1. The highest BCUT2D eigenvalue weighted by Crippen LogP contribution is 2.26. The van der Waals surface area contributed by atoms with Crippen molar-refractivity contribution in [3.8, 4) is 11.5 Å². The molecular weight excluding hydrogens is 396 g/mol. The van der Waals surface area contributed by atoms with E-state index in [9.17, 15) is 5.11 Å². The van der Waals surface area contributed by atoms with Crippen molar-refractivity contribution in [2.45, 2.75) is 39.3 Å². The minimum absolute atomic E-state index is 0.328. The summed E-state index contributed by atoms with van der Waals surface area (Å²) < 4.78 is 16.1. The fourth-order valence-corrected chi connectivity index (χ4v) is 3.70. The Morgan fingerprint density at radius 1 is 1.13 bits per heavy atom. The van der Waals surface area contributed by atoms with E-state index in [4.69, 9.17) is 19.2 Å². The second kappa shape index (κ2) is 13.4. The molecule has 1 heterocycles. The van der Waals surface area contributed by atoms with E-state index in [1.54, 1.807) is 20.3 Å². The molecule has 0 aliphatic carbocycles. The minimum atomic E-state index is -0.724. The van der Waals surface area contributed by atoms with Gasteiger partial charge in [0.2, 0.25) is 0 Å². The number of morpholine rings is 1. The monoisotopic (exact) mass is 436 g/mol. The Morgan fingerprint density at radius 3 is 2.32 bits per heavy atom. The van der Waals surface area contributed by atoms with E-state index in [1.807, 2.05) is 19.1 Å². The van der Waals surface area contributed by atoms with Crippen LogP contribution in [0.1, 0.15) is 38.9 Å². The number of methoxy groups -OCH3 is 2. The van der Waals surface area contributed by atoms with Crippen molar-refractivity contribution < 1.29 is 19.3 Å². The molecule has 1 aliphatic rings. The fourth-order valence-electron chi connectivity index (χ4n) is 3.70. The Morgan fingerprint density at radius 2 is 1.77 bits per heavy atom. The number of nitrogens with zero attached hydrogens (tertiary/aromatic N) is 2. The molecule has 1 fully saturated rings. The Hall–Kier alpha value is -2.03. The fraction of sp³-hybridized carbons (Fsp3) is 0.696. The van der Waals surface area contributed by atoms with Gasteiger partial charge in [-0.25, -0.2) is 0 Å². The van der Waals surface area contributed by atoms with Crippen LogP contribution in [0.5, 0.6) is 11.5 Å². The number of rotatable bonds is 11. The first-order valence-corrected chi connectivity index (χ1v) is 11.2. The van der Waals surface area contributed by atoms with Crippen molar-refractivity contribution in [3.63, 3.8) is 0 Å². The maximum Gasteiger partial charge on any atom is 0.191 e. The van der Waals surface area contributed by atoms with E-state index < -0.39 is 6.10 Å². The molecule has 0 aromatic heterocycles. The minimum Gasteiger partial charge on any atom is -0.497 e. The maximum absolute atomic E-state index is 10.7. The van der Waals surface area contributed by atoms with Gasteiger partial charge < -0.3 is 30.0 Å². The van der Waals surface area contributed by atoms with Crippen LogP contribution < -0.4 is 20.1 Å². The average Bonchev–Trinajstić information content (AvgIpc) is 2.79. The van der Waals surface area contributed by atoms with Crippen molar-refractivity contribution in [2.75, 3.05) is 60.2 Å². The van der Waals surface area contributed by atoms with E-state index >= 15 is 0 Å². The van der Waals surface area contributed by atoms with E-state index in [-0.39, 0.29) is 0 Å². The van der Waals surface area contributed by atoms with Crippen molar-refractivity contribution >= 4 is 5.96 Å². The quantitative estimate of drug-likeness (QED) is 0.361. The molecule has 0 amide bonds. The lowest BCUT2D eigenvalue weighted by molar-refractivity contribution is 0.0143. The van der Waals surface area contributed by atoms with Gasteiger partial charge in [-0.1, -0.05) is 13.8 Å². The topological polar surface area (TPSA) is 87.6 Å². The molecule has 31 heavy (non-hydrogen) atoms. The van der Waals surface area contributed by atoms with Crippen LogP contribution in [0.25, 0.3) is 0 Å². The molecular formula is C23H40N4O4. The van der Waals surface area contributed by atoms with Gasteiger partial charge in [0.1, 0.15) is 11.5 Å². The maximum atomic E-state index is 10.7. The average molecular weight is 437 g/mol. The molecule has 0 bridgehead atoms. The van der Waals surface area contributed by atoms with E-state index in [0.717, 1.165) is 44.8 Å². The molecule has 1 aliphatic heterocycles. The Bertz CT molecular complexity index is 655. The van der Waals surface area contributed by atoms with Gasteiger partial charge in [-0.05, 0) is 37.0 Å². The van der Waals surface area contributed by atoms with Gasteiger partial charge in [-0.15, -0.1) is 0 Å². The predicted molar refractivity (Wildman–Crippen MR) is 124 cm³/mol. The molecule has 176 valence electrons. The van der Waals surface area contributed by atoms with Crippen LogP contribution in [0.2, 0.25) is 0 Å². The van der Waals surface area contributed by atoms with Crippen molar-refractivity contribution in [2.24, 2.45) is 10.9 Å². The largest absolute Gasteiger partial charge is 0.497 e. The van der Waals surface area contributed by atoms with Crippen molar-refractivity contribution in [3.05, 3.63) is 23.8 Å². The van der Waals surface area contributed by atoms with Crippen LogP contribution in [-0.4, -0.2) is 82.2 Å². The van der Waals surface area contributed by atoms with E-state index in [1.165, 1.54) is 0 Å². The van der Waals surface area contributed by atoms with Gasteiger partial charge in [-0.3, -0.25) is 9.89 Å². The number of nitrogens with one attached hydrogen (secondary N) is 2. The van der Waals surface area contributed by atoms with Gasteiger partial charge in [-0.2, -0.15) is 0 Å². The summed E-state index contributed by atoms with van der Waals surface area (Å²) in [7, 11) is 3.20. The Balaban J connectivity index is 2.02. The number of hydrogen-bond donors (Lipinski definition) is 3. The number of guanidine groups is 1. The Labute approximate surface area is 187 Å². The number of benzene rings is 1. The zero-order chi connectivity index (χ0) is 22.6. The first kappa shape index (κ1) is 25.2. The molecule has 0 radical (unpaired) electrons. The molecule has 3 N–H and O–H groups in total. The van der Waals surface area contributed by atoms with Gasteiger partial charge in [0, 0.05) is 38.3 Å². The molecule has 0 saturated carbocycles. The SMILES string of the molecule is CCNC(=NCC(CC(C)C)N1CCOCC1)NCC(O)c1cc(OC)cc(OC)c1. The standard InChI is InChI=1S/C23H40N4O4/c1-6-24-23(25-15-19(11-17(2)3)27-7-9-31-10-8-27)26-16-22(28)18-12-20(29-4)14-21(13-18)30-5/h12-14,17,19,22,28H,6-11,15-16H2,1-5H3,(H2,24,25,26). The smallest absolute Gasteiger partial charge is 0.191 e. The molecule has 2 rings (SSSR count). The lowest BCUT2D eigenvalue weighted by Gasteiger charge is -2.34. The van der Waals surface area contributed by atoms with E-state index in [2.05, 4.69) is 29.4 Å². The first-order chi connectivity index (χ1) is 15.0. The molecule has 8 heteroatoms. The summed E-state index contributed by atoms with van der Waals surface area (Å²) in [6.07, 6.45) is 0.369. The van der Waals surface area contributed by atoms with Gasteiger partial charge >= 0.3 is 0 Å². The van der Waals surface area contributed by atoms with Gasteiger partial charge in [0.15, 0.2) is 5.96 Å². The highest BCUT2D eigenvalue weighted by molar-refractivity contribution is 5.79. The van der Waals surface area contributed by atoms with Crippen LogP contribution in [-0.2, 0) is 4.74 Å². The number of aliphatic hydroxyl groups is 1. The van der Waals surface area contributed by atoms with E-state index in [0.29, 0.717) is 42.5 Å². The summed E-state index contributed by atoms with van der Waals surface area (Å²) in [5.41, 5.74) is 0.727.